The molecular formula is C11H23N3. The number of nitrogens with zero attached hydrogens (tertiary/aromatic N) is 2. The summed E-state index contributed by atoms with van der Waals surface area (Å²) >= 11 is 0. The molecule has 0 amide bonds. The molecule has 2 unspecified atom stereocenters. The van der Waals surface area contributed by atoms with Gasteiger partial charge in [0, 0.05) is 24.7 Å². The lowest BCUT2D eigenvalue weighted by Gasteiger charge is -2.44. The van der Waals surface area contributed by atoms with Crippen LogP contribution in [0.3, 0.4) is 0 Å². The van der Waals surface area contributed by atoms with Gasteiger partial charge in [-0.2, -0.15) is 0 Å². The van der Waals surface area contributed by atoms with Crippen molar-refractivity contribution in [3.05, 3.63) is 0 Å². The zero-order chi connectivity index (χ0) is 10.2. The van der Waals surface area contributed by atoms with Crippen molar-refractivity contribution in [3.8, 4) is 0 Å². The van der Waals surface area contributed by atoms with Gasteiger partial charge in [-0.1, -0.05) is 6.42 Å². The fraction of sp³-hybridized carbons (Fsp3) is 1.00. The molecule has 2 heterocycles. The zero-order valence-corrected chi connectivity index (χ0v) is 9.50. The standard InChI is InChI=1S/C11H23N3/c1-13(2)11(9-12)6-8-14-7-4-3-5-10(11)14/h10H,3-9,12H2,1-2H3. The van der Waals surface area contributed by atoms with Gasteiger partial charge in [-0.15, -0.1) is 0 Å². The molecule has 2 rings (SSSR count). The molecule has 14 heavy (non-hydrogen) atoms. The molecule has 0 spiro atoms. The molecule has 3 nitrogen and oxygen atoms in total. The normalized spacial score (nSPS) is 39.0. The summed E-state index contributed by atoms with van der Waals surface area (Å²) in [5.41, 5.74) is 6.27. The van der Waals surface area contributed by atoms with Crippen molar-refractivity contribution >= 4 is 0 Å². The number of hydrogen-bond donors (Lipinski definition) is 1. The maximum absolute atomic E-state index is 6.01. The van der Waals surface area contributed by atoms with Crippen LogP contribution < -0.4 is 5.73 Å². The van der Waals surface area contributed by atoms with Gasteiger partial charge >= 0.3 is 0 Å². The predicted octanol–water partition coefficient (Wildman–Crippen LogP) is 0.504. The van der Waals surface area contributed by atoms with Crippen LogP contribution in [0, 0.1) is 0 Å². The molecule has 3 heteroatoms. The Kier molecular flexibility index (Phi) is 2.82. The van der Waals surface area contributed by atoms with Crippen LogP contribution in [0.4, 0.5) is 0 Å². The van der Waals surface area contributed by atoms with Crippen molar-refractivity contribution in [3.63, 3.8) is 0 Å². The molecule has 2 N–H and O–H groups in total. The molecule has 0 saturated carbocycles. The second-order valence-corrected chi connectivity index (χ2v) is 5.00. The zero-order valence-electron chi connectivity index (χ0n) is 9.50. The van der Waals surface area contributed by atoms with Crippen LogP contribution >= 0.6 is 0 Å². The lowest BCUT2D eigenvalue weighted by molar-refractivity contribution is 0.0739. The smallest absolute Gasteiger partial charge is 0.0493 e. The van der Waals surface area contributed by atoms with E-state index < -0.39 is 0 Å². The molecule has 2 aliphatic heterocycles. The van der Waals surface area contributed by atoms with E-state index in [9.17, 15) is 0 Å². The average Bonchev–Trinajstić information content (AvgIpc) is 2.57. The number of fused-ring (bicyclic) bond motifs is 1. The van der Waals surface area contributed by atoms with Crippen molar-refractivity contribution < 1.29 is 0 Å². The summed E-state index contributed by atoms with van der Waals surface area (Å²) < 4.78 is 0. The van der Waals surface area contributed by atoms with Gasteiger partial charge in [-0.05, 0) is 39.9 Å². The van der Waals surface area contributed by atoms with Crippen LogP contribution in [-0.4, -0.2) is 55.1 Å². The number of piperidine rings is 1. The molecule has 0 radical (unpaired) electrons. The van der Waals surface area contributed by atoms with Crippen LogP contribution in [0.25, 0.3) is 0 Å². The third-order valence-corrected chi connectivity index (χ3v) is 4.31. The molecule has 0 aromatic rings. The first-order valence-electron chi connectivity index (χ1n) is 5.82. The van der Waals surface area contributed by atoms with Crippen molar-refractivity contribution in [2.24, 2.45) is 5.73 Å². The van der Waals surface area contributed by atoms with Crippen LogP contribution in [0.5, 0.6) is 0 Å². The minimum Gasteiger partial charge on any atom is -0.329 e. The van der Waals surface area contributed by atoms with E-state index >= 15 is 0 Å². The molecule has 0 aromatic heterocycles. The lowest BCUT2D eigenvalue weighted by Crippen LogP contribution is -2.59. The largest absolute Gasteiger partial charge is 0.329 e. The van der Waals surface area contributed by atoms with Gasteiger partial charge in [-0.3, -0.25) is 4.90 Å². The molecule has 0 bridgehead atoms. The summed E-state index contributed by atoms with van der Waals surface area (Å²) in [6, 6.07) is 0.719. The maximum Gasteiger partial charge on any atom is 0.0493 e. The second kappa shape index (κ2) is 3.80. The first-order chi connectivity index (χ1) is 6.70. The topological polar surface area (TPSA) is 32.5 Å². The Morgan fingerprint density at radius 2 is 2.14 bits per heavy atom. The van der Waals surface area contributed by atoms with E-state index in [0.29, 0.717) is 0 Å². The van der Waals surface area contributed by atoms with Crippen LogP contribution in [0.1, 0.15) is 25.7 Å². The summed E-state index contributed by atoms with van der Waals surface area (Å²) in [5.74, 6) is 0. The van der Waals surface area contributed by atoms with Crippen LogP contribution in [0.2, 0.25) is 0 Å². The summed E-state index contributed by atoms with van der Waals surface area (Å²) in [5, 5.41) is 0. The van der Waals surface area contributed by atoms with Crippen molar-refractivity contribution in [2.75, 3.05) is 33.7 Å². The summed E-state index contributed by atoms with van der Waals surface area (Å²) in [6.45, 7) is 3.35. The summed E-state index contributed by atoms with van der Waals surface area (Å²) in [4.78, 5) is 5.01. The monoisotopic (exact) mass is 197 g/mol. The van der Waals surface area contributed by atoms with Gasteiger partial charge < -0.3 is 10.6 Å². The van der Waals surface area contributed by atoms with Gasteiger partial charge in [0.1, 0.15) is 0 Å². The maximum atomic E-state index is 6.01. The van der Waals surface area contributed by atoms with Gasteiger partial charge in [0.2, 0.25) is 0 Å². The van der Waals surface area contributed by atoms with Crippen molar-refractivity contribution in [1.29, 1.82) is 0 Å². The Morgan fingerprint density at radius 1 is 1.36 bits per heavy atom. The molecule has 2 fully saturated rings. The number of hydrogen-bond acceptors (Lipinski definition) is 3. The SMILES string of the molecule is CN(C)C1(CN)CCN2CCCCC21. The van der Waals surface area contributed by atoms with Gasteiger partial charge in [0.15, 0.2) is 0 Å². The average molecular weight is 197 g/mol. The van der Waals surface area contributed by atoms with E-state index in [1.807, 2.05) is 0 Å². The molecule has 0 aromatic carbocycles. The van der Waals surface area contributed by atoms with E-state index in [-0.39, 0.29) is 5.54 Å². The third-order valence-electron chi connectivity index (χ3n) is 4.31. The van der Waals surface area contributed by atoms with Gasteiger partial charge in [0.05, 0.1) is 0 Å². The van der Waals surface area contributed by atoms with E-state index in [1.165, 1.54) is 38.8 Å². The van der Waals surface area contributed by atoms with Gasteiger partial charge in [0.25, 0.3) is 0 Å². The Labute approximate surface area is 87.2 Å². The van der Waals surface area contributed by atoms with Crippen LogP contribution in [0.15, 0.2) is 0 Å². The van der Waals surface area contributed by atoms with Crippen molar-refractivity contribution in [1.82, 2.24) is 9.80 Å². The predicted molar refractivity (Wildman–Crippen MR) is 59.3 cm³/mol. The quantitative estimate of drug-likeness (QED) is 0.700. The molecular weight excluding hydrogens is 174 g/mol. The van der Waals surface area contributed by atoms with Gasteiger partial charge in [-0.25, -0.2) is 0 Å². The first kappa shape index (κ1) is 10.4. The minimum absolute atomic E-state index is 0.264. The number of rotatable bonds is 2. The lowest BCUT2D eigenvalue weighted by atomic mass is 9.84. The third kappa shape index (κ3) is 1.38. The summed E-state index contributed by atoms with van der Waals surface area (Å²) in [7, 11) is 4.37. The fourth-order valence-corrected chi connectivity index (χ4v) is 3.31. The highest BCUT2D eigenvalue weighted by molar-refractivity contribution is 5.07. The molecule has 0 aliphatic carbocycles. The van der Waals surface area contributed by atoms with E-state index in [2.05, 4.69) is 23.9 Å². The van der Waals surface area contributed by atoms with E-state index in [0.717, 1.165) is 12.6 Å². The first-order valence-corrected chi connectivity index (χ1v) is 5.82. The molecule has 82 valence electrons. The fourth-order valence-electron chi connectivity index (χ4n) is 3.31. The minimum atomic E-state index is 0.264. The molecule has 2 atom stereocenters. The highest BCUT2D eigenvalue weighted by Crippen LogP contribution is 2.37. The van der Waals surface area contributed by atoms with Crippen LogP contribution in [-0.2, 0) is 0 Å². The number of likely N-dealkylation sites (N-methyl/N-ethyl adjacent to an activating group) is 1. The highest BCUT2D eigenvalue weighted by atomic mass is 15.3. The Balaban J connectivity index is 2.18. The Bertz CT molecular complexity index is 205. The molecule has 2 saturated heterocycles. The number of nitrogens with two attached hydrogens (primary N) is 1. The molecule has 2 aliphatic rings. The van der Waals surface area contributed by atoms with E-state index in [1.54, 1.807) is 0 Å². The summed E-state index contributed by atoms with van der Waals surface area (Å²) in [6.07, 6.45) is 5.36. The van der Waals surface area contributed by atoms with E-state index in [4.69, 9.17) is 5.73 Å². The Morgan fingerprint density at radius 3 is 2.79 bits per heavy atom. The Hall–Kier alpha value is -0.120. The second-order valence-electron chi connectivity index (χ2n) is 5.00. The van der Waals surface area contributed by atoms with Crippen molar-refractivity contribution in [2.45, 2.75) is 37.3 Å². The highest BCUT2D eigenvalue weighted by Gasteiger charge is 2.48.